The number of aromatic amines is 1. The topological polar surface area (TPSA) is 139 Å². The van der Waals surface area contributed by atoms with Crippen LogP contribution in [0.2, 0.25) is 0 Å². The predicted octanol–water partition coefficient (Wildman–Crippen LogP) is 1.41. The van der Waals surface area contributed by atoms with E-state index in [-0.39, 0.29) is 18.2 Å². The molecule has 0 fully saturated rings. The van der Waals surface area contributed by atoms with Crippen LogP contribution in [0.3, 0.4) is 0 Å². The first-order chi connectivity index (χ1) is 15.7. The van der Waals surface area contributed by atoms with E-state index in [1.807, 2.05) is 0 Å². The molecule has 1 amide bonds. The fourth-order valence-electron chi connectivity index (χ4n) is 4.09. The molecule has 32 heavy (non-hydrogen) atoms. The van der Waals surface area contributed by atoms with Gasteiger partial charge in [-0.15, -0.1) is 26.6 Å². The average Bonchev–Trinajstić information content (AvgIpc) is 3.58. The Morgan fingerprint density at radius 1 is 1.25 bits per heavy atom. The van der Waals surface area contributed by atoms with Gasteiger partial charge in [0.15, 0.2) is 0 Å². The van der Waals surface area contributed by atoms with Gasteiger partial charge in [0, 0.05) is 42.7 Å². The van der Waals surface area contributed by atoms with Crippen molar-refractivity contribution in [3.63, 3.8) is 0 Å². The van der Waals surface area contributed by atoms with Crippen LogP contribution in [-0.4, -0.2) is 59.0 Å². The highest BCUT2D eigenvalue weighted by Gasteiger charge is 2.25. The summed E-state index contributed by atoms with van der Waals surface area (Å²) >= 11 is 1.80. The molecule has 162 valence electrons. The molecule has 0 bridgehead atoms. The fraction of sp³-hybridized carbons (Fsp3) is 0.350. The standard InChI is InChI=1S/C20H19N9O2S/c30-18(29-3-1-14-15(10-29)25-28-24-14)7-17-26-27-19(31-17)12-8-21-20(22-9-12)23-13-5-11-2-4-32-16(11)6-13/h2,4,8-9,13H,1,3,5-7,10H2,(H,21,22,23)(H,24,25,28). The monoisotopic (exact) mass is 449 g/mol. The lowest BCUT2D eigenvalue weighted by atomic mass is 10.1. The molecule has 11 nitrogen and oxygen atoms in total. The molecule has 1 aliphatic carbocycles. The number of rotatable bonds is 5. The number of fused-ring (bicyclic) bond motifs is 2. The lowest BCUT2D eigenvalue weighted by Crippen LogP contribution is -2.37. The zero-order valence-corrected chi connectivity index (χ0v) is 17.8. The summed E-state index contributed by atoms with van der Waals surface area (Å²) in [6.07, 6.45) is 6.02. The maximum absolute atomic E-state index is 12.6. The summed E-state index contributed by atoms with van der Waals surface area (Å²) in [7, 11) is 0. The van der Waals surface area contributed by atoms with Crippen LogP contribution < -0.4 is 5.32 Å². The Kier molecular flexibility index (Phi) is 4.63. The van der Waals surface area contributed by atoms with Crippen LogP contribution in [0.4, 0.5) is 5.95 Å². The molecule has 1 atom stereocenters. The van der Waals surface area contributed by atoms with Gasteiger partial charge in [-0.25, -0.2) is 9.97 Å². The quantitative estimate of drug-likeness (QED) is 0.463. The average molecular weight is 450 g/mol. The molecule has 1 aliphatic heterocycles. The van der Waals surface area contributed by atoms with E-state index in [4.69, 9.17) is 4.42 Å². The molecule has 2 aliphatic rings. The second-order valence-corrected chi connectivity index (χ2v) is 8.89. The second-order valence-electron chi connectivity index (χ2n) is 7.89. The van der Waals surface area contributed by atoms with E-state index >= 15 is 0 Å². The van der Waals surface area contributed by atoms with Gasteiger partial charge >= 0.3 is 0 Å². The number of carbonyl (C=O) groups is 1. The third-order valence-corrected chi connectivity index (χ3v) is 6.75. The highest BCUT2D eigenvalue weighted by molar-refractivity contribution is 7.10. The first kappa shape index (κ1) is 19.0. The van der Waals surface area contributed by atoms with Gasteiger partial charge in [-0.05, 0) is 23.4 Å². The molecule has 2 N–H and O–H groups in total. The molecule has 6 rings (SSSR count). The van der Waals surface area contributed by atoms with Gasteiger partial charge in [0.25, 0.3) is 5.89 Å². The fourth-order valence-corrected chi connectivity index (χ4v) is 5.08. The number of anilines is 1. The highest BCUT2D eigenvalue weighted by Crippen LogP contribution is 2.28. The molecule has 0 saturated carbocycles. The van der Waals surface area contributed by atoms with Crippen LogP contribution in [0.15, 0.2) is 28.3 Å². The maximum atomic E-state index is 12.6. The Hall–Kier alpha value is -3.67. The SMILES string of the molecule is O=C(Cc1nnc(-c2cnc(NC3Cc4ccsc4C3)nc2)o1)N1CCc2[nH]nnc2C1. The Balaban J connectivity index is 1.07. The van der Waals surface area contributed by atoms with Crippen molar-refractivity contribution in [2.75, 3.05) is 11.9 Å². The summed E-state index contributed by atoms with van der Waals surface area (Å²) in [5.74, 6) is 1.03. The lowest BCUT2D eigenvalue weighted by molar-refractivity contribution is -0.131. The summed E-state index contributed by atoms with van der Waals surface area (Å²) in [5, 5.41) is 24.3. The number of hydrogen-bond acceptors (Lipinski definition) is 10. The van der Waals surface area contributed by atoms with Crippen LogP contribution in [0, 0.1) is 0 Å². The Morgan fingerprint density at radius 3 is 3.03 bits per heavy atom. The highest BCUT2D eigenvalue weighted by atomic mass is 32.1. The van der Waals surface area contributed by atoms with Crippen LogP contribution in [0.1, 0.15) is 27.7 Å². The molecular formula is C20H19N9O2S. The summed E-state index contributed by atoms with van der Waals surface area (Å²) in [6, 6.07) is 2.49. The van der Waals surface area contributed by atoms with Crippen LogP contribution in [-0.2, 0) is 37.0 Å². The molecule has 0 radical (unpaired) electrons. The largest absolute Gasteiger partial charge is 0.420 e. The normalized spacial score (nSPS) is 17.2. The molecule has 12 heteroatoms. The summed E-state index contributed by atoms with van der Waals surface area (Å²) in [6.45, 7) is 1.04. The van der Waals surface area contributed by atoms with Crippen LogP contribution in [0.5, 0.6) is 0 Å². The van der Waals surface area contributed by atoms with Crippen molar-refractivity contribution in [1.82, 2.24) is 40.5 Å². The van der Waals surface area contributed by atoms with E-state index < -0.39 is 0 Å². The van der Waals surface area contributed by atoms with Gasteiger partial charge in [-0.1, -0.05) is 5.21 Å². The number of nitrogens with zero attached hydrogens (tertiary/aromatic N) is 7. The van der Waals surface area contributed by atoms with Gasteiger partial charge in [-0.3, -0.25) is 9.89 Å². The Morgan fingerprint density at radius 2 is 2.16 bits per heavy atom. The number of amides is 1. The van der Waals surface area contributed by atoms with E-state index in [1.165, 1.54) is 10.4 Å². The number of aromatic nitrogens is 7. The van der Waals surface area contributed by atoms with Crippen molar-refractivity contribution in [2.45, 2.75) is 38.3 Å². The summed E-state index contributed by atoms with van der Waals surface area (Å²) in [4.78, 5) is 24.6. The molecule has 4 aromatic rings. The number of nitrogens with one attached hydrogen (secondary N) is 2. The molecule has 0 spiro atoms. The van der Waals surface area contributed by atoms with Crippen molar-refractivity contribution in [2.24, 2.45) is 0 Å². The Bertz CT molecular complexity index is 1240. The van der Waals surface area contributed by atoms with Crippen molar-refractivity contribution in [3.05, 3.63) is 51.6 Å². The Labute approximate surface area is 186 Å². The molecule has 1 unspecified atom stereocenters. The smallest absolute Gasteiger partial charge is 0.250 e. The number of thiophene rings is 1. The molecular weight excluding hydrogens is 430 g/mol. The first-order valence-electron chi connectivity index (χ1n) is 10.3. The van der Waals surface area contributed by atoms with Crippen molar-refractivity contribution in [1.29, 1.82) is 0 Å². The summed E-state index contributed by atoms with van der Waals surface area (Å²) in [5.41, 5.74) is 3.80. The van der Waals surface area contributed by atoms with Crippen molar-refractivity contribution in [3.8, 4) is 11.5 Å². The van der Waals surface area contributed by atoms with E-state index in [1.54, 1.807) is 28.6 Å². The van der Waals surface area contributed by atoms with Crippen LogP contribution in [0.25, 0.3) is 11.5 Å². The van der Waals surface area contributed by atoms with E-state index in [9.17, 15) is 4.79 Å². The number of carbonyl (C=O) groups excluding carboxylic acids is 1. The van der Waals surface area contributed by atoms with Gasteiger partial charge in [0.1, 0.15) is 12.1 Å². The predicted molar refractivity (Wildman–Crippen MR) is 114 cm³/mol. The minimum absolute atomic E-state index is 0.0342. The van der Waals surface area contributed by atoms with Gasteiger partial charge in [0.05, 0.1) is 17.8 Å². The maximum Gasteiger partial charge on any atom is 0.250 e. The zero-order chi connectivity index (χ0) is 21.5. The zero-order valence-electron chi connectivity index (χ0n) is 17.0. The van der Waals surface area contributed by atoms with Gasteiger partial charge < -0.3 is 14.6 Å². The van der Waals surface area contributed by atoms with Crippen molar-refractivity contribution >= 4 is 23.2 Å². The molecule has 0 aromatic carbocycles. The minimum Gasteiger partial charge on any atom is -0.420 e. The molecule has 4 aromatic heterocycles. The van der Waals surface area contributed by atoms with E-state index in [2.05, 4.69) is 52.3 Å². The van der Waals surface area contributed by atoms with Crippen LogP contribution >= 0.6 is 11.3 Å². The minimum atomic E-state index is -0.0882. The molecule has 5 heterocycles. The third kappa shape index (κ3) is 3.62. The van der Waals surface area contributed by atoms with Gasteiger partial charge in [0.2, 0.25) is 17.7 Å². The first-order valence-corrected chi connectivity index (χ1v) is 11.2. The van der Waals surface area contributed by atoms with E-state index in [0.717, 1.165) is 24.2 Å². The summed E-state index contributed by atoms with van der Waals surface area (Å²) < 4.78 is 5.69. The second kappa shape index (κ2) is 7.79. The number of H-pyrrole nitrogens is 1. The molecule has 0 saturated heterocycles. The van der Waals surface area contributed by atoms with Crippen molar-refractivity contribution < 1.29 is 9.21 Å². The van der Waals surface area contributed by atoms with E-state index in [0.29, 0.717) is 43.0 Å². The lowest BCUT2D eigenvalue weighted by Gasteiger charge is -2.25. The number of hydrogen-bond donors (Lipinski definition) is 2. The van der Waals surface area contributed by atoms with Gasteiger partial charge in [-0.2, -0.15) is 0 Å². The third-order valence-electron chi connectivity index (χ3n) is 5.77.